The van der Waals surface area contributed by atoms with Crippen LogP contribution in [0.3, 0.4) is 0 Å². The van der Waals surface area contributed by atoms with Crippen LogP contribution in [0.15, 0.2) is 42.7 Å². The number of rotatable bonds is 6. The van der Waals surface area contributed by atoms with E-state index in [1.54, 1.807) is 12.4 Å². The van der Waals surface area contributed by atoms with Crippen LogP contribution in [-0.2, 0) is 11.2 Å². The lowest BCUT2D eigenvalue weighted by atomic mass is 9.89. The minimum absolute atomic E-state index is 0.0619. The van der Waals surface area contributed by atoms with Gasteiger partial charge < -0.3 is 36.2 Å². The normalized spacial score (nSPS) is 21.9. The quantitative estimate of drug-likeness (QED) is 0.392. The molecule has 1 aromatic carbocycles. The van der Waals surface area contributed by atoms with Crippen molar-refractivity contribution in [2.45, 2.75) is 25.4 Å². The molecule has 2 aliphatic heterocycles. The molecular weight excluding hydrogens is 508 g/mol. The molecule has 11 heteroatoms. The summed E-state index contributed by atoms with van der Waals surface area (Å²) in [5, 5.41) is 3.75. The average Bonchev–Trinajstić information content (AvgIpc) is 2.94. The minimum atomic E-state index is -0.493. The molecule has 3 aromatic rings. The van der Waals surface area contributed by atoms with Gasteiger partial charge in [-0.05, 0) is 37.2 Å². The Bertz CT molecular complexity index is 1380. The molecular formula is C29H38N8O3. The summed E-state index contributed by atoms with van der Waals surface area (Å²) in [6.45, 7) is 7.11. The maximum Gasteiger partial charge on any atom is 0.407 e. The Morgan fingerprint density at radius 3 is 2.60 bits per heavy atom. The number of nitrogen functional groups attached to an aromatic ring is 1. The number of methoxy groups -OCH3 is 1. The maximum absolute atomic E-state index is 13.6. The van der Waals surface area contributed by atoms with Gasteiger partial charge in [0.2, 0.25) is 0 Å². The lowest BCUT2D eigenvalue weighted by Crippen LogP contribution is -2.62. The third-order valence-corrected chi connectivity index (χ3v) is 8.02. The summed E-state index contributed by atoms with van der Waals surface area (Å²) in [4.78, 5) is 41.2. The van der Waals surface area contributed by atoms with E-state index in [2.05, 4.69) is 38.1 Å². The second kappa shape index (κ2) is 11.6. The number of hydrogen-bond donors (Lipinski definition) is 3. The molecule has 2 saturated heterocycles. The molecule has 0 aliphatic carbocycles. The standard InChI is InChI=1S/C29H38N8O3/c1-18-16-37(17-23(31)27(18)34-29(39)40-3)25-6-7-32-15-20(25)13-26(38)28-22(30)12-19-4-5-21(14-24(19)33-28)36-10-8-35(2)9-11-36/h4-7,12,14-15,18,23,27H,8-11,13,16-17,30-31H2,1-3H3,(H,34,39)/t18-,23+,27-/m0/s1. The molecule has 0 saturated carbocycles. The van der Waals surface area contributed by atoms with Gasteiger partial charge in [-0.15, -0.1) is 0 Å². The number of Topliss-reactive ketones (excluding diaryl/α,β-unsaturated/α-hetero) is 1. The first-order chi connectivity index (χ1) is 19.2. The van der Waals surface area contributed by atoms with Crippen LogP contribution < -0.4 is 26.6 Å². The Labute approximate surface area is 234 Å². The van der Waals surface area contributed by atoms with Gasteiger partial charge in [0.15, 0.2) is 5.78 Å². The molecule has 4 heterocycles. The first kappa shape index (κ1) is 27.6. The smallest absolute Gasteiger partial charge is 0.407 e. The number of nitrogens with two attached hydrogens (primary N) is 2. The van der Waals surface area contributed by atoms with Gasteiger partial charge in [0.1, 0.15) is 5.69 Å². The maximum atomic E-state index is 13.6. The van der Waals surface area contributed by atoms with Crippen LogP contribution in [0, 0.1) is 5.92 Å². The number of amides is 1. The second-order valence-corrected chi connectivity index (χ2v) is 10.9. The molecule has 11 nitrogen and oxygen atoms in total. The molecule has 40 heavy (non-hydrogen) atoms. The largest absolute Gasteiger partial charge is 0.453 e. The number of nitrogens with one attached hydrogen (secondary N) is 1. The number of carbonyl (C=O) groups excluding carboxylic acids is 2. The molecule has 0 bridgehead atoms. The predicted octanol–water partition coefficient (Wildman–Crippen LogP) is 1.90. The van der Waals surface area contributed by atoms with E-state index in [-0.39, 0.29) is 35.9 Å². The van der Waals surface area contributed by atoms with Gasteiger partial charge in [-0.1, -0.05) is 13.0 Å². The number of piperidine rings is 1. The number of aromatic nitrogens is 2. The van der Waals surface area contributed by atoms with E-state index >= 15 is 0 Å². The van der Waals surface area contributed by atoms with Crippen LogP contribution >= 0.6 is 0 Å². The Morgan fingerprint density at radius 1 is 1.10 bits per heavy atom. The van der Waals surface area contributed by atoms with Crippen molar-refractivity contribution in [1.82, 2.24) is 20.2 Å². The van der Waals surface area contributed by atoms with E-state index < -0.39 is 6.09 Å². The fraction of sp³-hybridized carbons (Fsp3) is 0.448. The van der Waals surface area contributed by atoms with Crippen molar-refractivity contribution in [3.8, 4) is 0 Å². The highest BCUT2D eigenvalue weighted by Gasteiger charge is 2.34. The number of piperazine rings is 1. The summed E-state index contributed by atoms with van der Waals surface area (Å²) in [7, 11) is 3.47. The van der Waals surface area contributed by atoms with Crippen LogP contribution in [0.4, 0.5) is 21.9 Å². The van der Waals surface area contributed by atoms with Crippen LogP contribution in [0.2, 0.25) is 0 Å². The van der Waals surface area contributed by atoms with E-state index in [1.807, 2.05) is 31.2 Å². The van der Waals surface area contributed by atoms with Gasteiger partial charge >= 0.3 is 6.09 Å². The molecule has 212 valence electrons. The molecule has 0 spiro atoms. The number of pyridine rings is 2. The van der Waals surface area contributed by atoms with Crippen molar-refractivity contribution in [3.63, 3.8) is 0 Å². The highest BCUT2D eigenvalue weighted by molar-refractivity contribution is 6.03. The summed E-state index contributed by atoms with van der Waals surface area (Å²) < 4.78 is 4.76. The summed E-state index contributed by atoms with van der Waals surface area (Å²) in [5.74, 6) is -0.106. The molecule has 1 amide bonds. The molecule has 2 aromatic heterocycles. The zero-order chi connectivity index (χ0) is 28.4. The fourth-order valence-corrected chi connectivity index (χ4v) is 5.74. The van der Waals surface area contributed by atoms with Gasteiger partial charge in [-0.2, -0.15) is 0 Å². The molecule has 2 fully saturated rings. The number of fused-ring (bicyclic) bond motifs is 1. The number of ether oxygens (including phenoxy) is 1. The number of hydrogen-bond acceptors (Lipinski definition) is 10. The zero-order valence-corrected chi connectivity index (χ0v) is 23.3. The molecule has 0 radical (unpaired) electrons. The number of likely N-dealkylation sites (N-methyl/N-ethyl adjacent to an activating group) is 1. The number of benzene rings is 1. The molecule has 0 unspecified atom stereocenters. The lowest BCUT2D eigenvalue weighted by Gasteiger charge is -2.42. The third kappa shape index (κ3) is 5.80. The number of anilines is 3. The van der Waals surface area contributed by atoms with Crippen LogP contribution in [0.1, 0.15) is 23.0 Å². The van der Waals surface area contributed by atoms with E-state index in [4.69, 9.17) is 21.2 Å². The van der Waals surface area contributed by atoms with Crippen molar-refractivity contribution in [2.24, 2.45) is 11.7 Å². The van der Waals surface area contributed by atoms with Gasteiger partial charge in [0, 0.05) is 86.4 Å². The first-order valence-corrected chi connectivity index (χ1v) is 13.7. The number of nitrogens with zero attached hydrogens (tertiary/aromatic N) is 5. The molecule has 5 rings (SSSR count). The minimum Gasteiger partial charge on any atom is -0.453 e. The van der Waals surface area contributed by atoms with Crippen molar-refractivity contribution < 1.29 is 14.3 Å². The topological polar surface area (TPSA) is 143 Å². The Morgan fingerprint density at radius 2 is 1.88 bits per heavy atom. The van der Waals surface area contributed by atoms with Crippen molar-refractivity contribution in [3.05, 3.63) is 54.0 Å². The van der Waals surface area contributed by atoms with E-state index in [9.17, 15) is 9.59 Å². The average molecular weight is 547 g/mol. The van der Waals surface area contributed by atoms with Crippen LogP contribution in [-0.4, -0.2) is 92.3 Å². The predicted molar refractivity (Wildman–Crippen MR) is 157 cm³/mol. The van der Waals surface area contributed by atoms with Crippen molar-refractivity contribution in [2.75, 3.05) is 69.0 Å². The summed E-state index contributed by atoms with van der Waals surface area (Å²) >= 11 is 0. The molecule has 2 aliphatic rings. The Balaban J connectivity index is 1.36. The fourth-order valence-electron chi connectivity index (χ4n) is 5.74. The van der Waals surface area contributed by atoms with E-state index in [0.717, 1.165) is 54.0 Å². The summed E-state index contributed by atoms with van der Waals surface area (Å²) in [6.07, 6.45) is 3.03. The van der Waals surface area contributed by atoms with Crippen LogP contribution in [0.5, 0.6) is 0 Å². The third-order valence-electron chi connectivity index (χ3n) is 8.02. The Hall–Kier alpha value is -3.96. The number of carbonyl (C=O) groups is 2. The highest BCUT2D eigenvalue weighted by atomic mass is 16.5. The van der Waals surface area contributed by atoms with Crippen molar-refractivity contribution >= 4 is 39.8 Å². The summed E-state index contributed by atoms with van der Waals surface area (Å²) in [5.41, 5.74) is 16.9. The summed E-state index contributed by atoms with van der Waals surface area (Å²) in [6, 6.07) is 9.35. The van der Waals surface area contributed by atoms with Gasteiger partial charge in [-0.3, -0.25) is 9.78 Å². The Kier molecular flexibility index (Phi) is 8.04. The number of alkyl carbamates (subject to hydrolysis) is 1. The van der Waals surface area contributed by atoms with Gasteiger partial charge in [-0.25, -0.2) is 9.78 Å². The van der Waals surface area contributed by atoms with Crippen LogP contribution in [0.25, 0.3) is 10.9 Å². The zero-order valence-electron chi connectivity index (χ0n) is 23.3. The monoisotopic (exact) mass is 546 g/mol. The van der Waals surface area contributed by atoms with Crippen molar-refractivity contribution in [1.29, 1.82) is 0 Å². The van der Waals surface area contributed by atoms with E-state index in [0.29, 0.717) is 18.8 Å². The highest BCUT2D eigenvalue weighted by Crippen LogP contribution is 2.29. The SMILES string of the molecule is COC(=O)N[C@@H]1[C@H](N)CN(c2ccncc2CC(=O)c2nc3cc(N4CCN(C)CC4)ccc3cc2N)C[C@@H]1C. The lowest BCUT2D eigenvalue weighted by molar-refractivity contribution is 0.0989. The number of ketones is 1. The molecule has 5 N–H and O–H groups in total. The first-order valence-electron chi connectivity index (χ1n) is 13.7. The van der Waals surface area contributed by atoms with E-state index in [1.165, 1.54) is 7.11 Å². The molecule has 3 atom stereocenters. The van der Waals surface area contributed by atoms with Gasteiger partial charge in [0.25, 0.3) is 0 Å². The second-order valence-electron chi connectivity index (χ2n) is 10.9. The van der Waals surface area contributed by atoms with Gasteiger partial charge in [0.05, 0.1) is 24.4 Å².